The van der Waals surface area contributed by atoms with E-state index in [1.165, 1.54) is 29.2 Å². The number of anilines is 2. The minimum atomic E-state index is -4.42. The summed E-state index contributed by atoms with van der Waals surface area (Å²) in [5, 5.41) is 6.69. The third-order valence-corrected chi connectivity index (χ3v) is 7.18. The number of aromatic nitrogens is 3. The molecule has 0 saturated carbocycles. The molecular weight excluding hydrogens is 604 g/mol. The van der Waals surface area contributed by atoms with Gasteiger partial charge in [-0.15, -0.1) is 5.10 Å². The number of nitrogens with zero attached hydrogens (tertiary/aromatic N) is 5. The van der Waals surface area contributed by atoms with E-state index < -0.39 is 37.0 Å². The first-order valence-corrected chi connectivity index (χ1v) is 14.0. The van der Waals surface area contributed by atoms with Crippen LogP contribution in [-0.2, 0) is 4.79 Å². The van der Waals surface area contributed by atoms with Crippen molar-refractivity contribution in [2.45, 2.75) is 19.5 Å². The predicted molar refractivity (Wildman–Crippen MR) is 157 cm³/mol. The van der Waals surface area contributed by atoms with Crippen molar-refractivity contribution in [3.05, 3.63) is 78.4 Å². The monoisotopic (exact) mass is 628 g/mol. The van der Waals surface area contributed by atoms with E-state index in [1.807, 2.05) is 0 Å². The van der Waals surface area contributed by atoms with Crippen molar-refractivity contribution in [1.29, 1.82) is 0 Å². The smallest absolute Gasteiger partial charge is 0.392 e. The number of carbonyl (C=O) groups is 2. The highest BCUT2D eigenvalue weighted by molar-refractivity contribution is 8.15. The normalized spacial score (nSPS) is 14.3. The molecule has 5 rings (SSSR count). The predicted octanol–water partition coefficient (Wildman–Crippen LogP) is 6.39. The standard InChI is InChI=1S/C29H24F4N6O4S/c1-17-3-10-24(43-12-11-29(31,32)33)23(13-17)39-25(40)15-44-28(39)36-27(41)35-22-9-4-18(14-21(22)30)26-34-16-38(37-26)19-5-7-20(42-2)8-6-19/h3-10,13-14,16H,11-12,15H2,1-2H3,(H,35,41). The Bertz CT molecular complexity index is 1730. The van der Waals surface area contributed by atoms with E-state index in [-0.39, 0.29) is 33.9 Å². The van der Waals surface area contributed by atoms with Crippen molar-refractivity contribution < 1.29 is 36.6 Å². The largest absolute Gasteiger partial charge is 0.497 e. The molecule has 44 heavy (non-hydrogen) atoms. The Morgan fingerprint density at radius 3 is 2.59 bits per heavy atom. The molecule has 0 bridgehead atoms. The maximum absolute atomic E-state index is 15.0. The van der Waals surface area contributed by atoms with Crippen LogP contribution in [0.5, 0.6) is 11.5 Å². The van der Waals surface area contributed by atoms with E-state index in [2.05, 4.69) is 20.4 Å². The molecule has 15 heteroatoms. The number of rotatable bonds is 8. The number of aliphatic imine (C=N–C) groups is 1. The highest BCUT2D eigenvalue weighted by Gasteiger charge is 2.33. The number of methoxy groups -OCH3 is 1. The summed E-state index contributed by atoms with van der Waals surface area (Å²) in [6, 6.07) is 14.8. The molecule has 10 nitrogen and oxygen atoms in total. The summed E-state index contributed by atoms with van der Waals surface area (Å²) in [6.07, 6.45) is -4.12. The van der Waals surface area contributed by atoms with E-state index in [0.717, 1.165) is 28.4 Å². The van der Waals surface area contributed by atoms with Crippen molar-refractivity contribution in [2.24, 2.45) is 4.99 Å². The van der Waals surface area contributed by atoms with Gasteiger partial charge in [-0.2, -0.15) is 18.2 Å². The van der Waals surface area contributed by atoms with Gasteiger partial charge >= 0.3 is 12.2 Å². The van der Waals surface area contributed by atoms with Crippen LogP contribution in [0.3, 0.4) is 0 Å². The molecule has 1 fully saturated rings. The van der Waals surface area contributed by atoms with Gasteiger partial charge in [0.1, 0.15) is 23.6 Å². The molecular formula is C29H24F4N6O4S. The number of alkyl halides is 3. The Morgan fingerprint density at radius 2 is 1.89 bits per heavy atom. The molecule has 1 N–H and O–H groups in total. The number of amides is 3. The number of urea groups is 1. The zero-order chi connectivity index (χ0) is 31.4. The number of halogens is 4. The molecule has 4 aromatic rings. The van der Waals surface area contributed by atoms with Gasteiger partial charge in [-0.1, -0.05) is 17.8 Å². The van der Waals surface area contributed by atoms with Crippen molar-refractivity contribution in [1.82, 2.24) is 14.8 Å². The van der Waals surface area contributed by atoms with Gasteiger partial charge in [0.05, 0.1) is 43.0 Å². The number of aryl methyl sites for hydroxylation is 1. The van der Waals surface area contributed by atoms with Crippen molar-refractivity contribution in [3.8, 4) is 28.6 Å². The zero-order valence-corrected chi connectivity index (χ0v) is 24.1. The Labute approximate surface area is 252 Å². The van der Waals surface area contributed by atoms with Gasteiger partial charge < -0.3 is 14.8 Å². The fraction of sp³-hybridized carbons (Fsp3) is 0.207. The summed E-state index contributed by atoms with van der Waals surface area (Å²) >= 11 is 0.952. The molecule has 1 saturated heterocycles. The van der Waals surface area contributed by atoms with Crippen LogP contribution in [0.2, 0.25) is 0 Å². The number of carbonyl (C=O) groups excluding carboxylic acids is 2. The number of nitrogens with one attached hydrogen (secondary N) is 1. The number of ether oxygens (including phenoxy) is 2. The van der Waals surface area contributed by atoms with Crippen molar-refractivity contribution >= 4 is 40.2 Å². The molecule has 0 unspecified atom stereocenters. The number of benzene rings is 3. The highest BCUT2D eigenvalue weighted by Crippen LogP contribution is 2.36. The summed E-state index contributed by atoms with van der Waals surface area (Å²) in [5.74, 6) is -0.345. The Kier molecular flexibility index (Phi) is 8.85. The van der Waals surface area contributed by atoms with Crippen LogP contribution in [0, 0.1) is 12.7 Å². The van der Waals surface area contributed by atoms with Crippen LogP contribution in [-0.4, -0.2) is 57.5 Å². The lowest BCUT2D eigenvalue weighted by atomic mass is 10.2. The average Bonchev–Trinajstić information content (AvgIpc) is 3.61. The van der Waals surface area contributed by atoms with E-state index in [9.17, 15) is 22.8 Å². The van der Waals surface area contributed by atoms with Crippen LogP contribution in [0.25, 0.3) is 17.1 Å². The SMILES string of the molecule is COc1ccc(-n2cnc(-c3ccc(NC(=O)N=C4SCC(=O)N4c4cc(C)ccc4OCCC(F)(F)F)c(F)c3)n2)cc1. The molecule has 0 atom stereocenters. The van der Waals surface area contributed by atoms with Gasteiger partial charge in [0.2, 0.25) is 5.91 Å². The molecule has 0 aliphatic carbocycles. The van der Waals surface area contributed by atoms with Gasteiger partial charge in [-0.05, 0) is 67.1 Å². The third kappa shape index (κ3) is 7.16. The van der Waals surface area contributed by atoms with Gasteiger partial charge in [0.15, 0.2) is 11.0 Å². The van der Waals surface area contributed by atoms with E-state index in [0.29, 0.717) is 16.9 Å². The summed E-state index contributed by atoms with van der Waals surface area (Å²) in [5.41, 5.74) is 1.74. The number of amidine groups is 1. The van der Waals surface area contributed by atoms with Crippen LogP contribution in [0.1, 0.15) is 12.0 Å². The lowest BCUT2D eigenvalue weighted by molar-refractivity contribution is -0.139. The van der Waals surface area contributed by atoms with E-state index in [4.69, 9.17) is 9.47 Å². The van der Waals surface area contributed by atoms with E-state index >= 15 is 4.39 Å². The third-order valence-electron chi connectivity index (χ3n) is 6.26. The first kappa shape index (κ1) is 30.5. The second kappa shape index (κ2) is 12.8. The van der Waals surface area contributed by atoms with Crippen molar-refractivity contribution in [2.75, 3.05) is 29.7 Å². The molecule has 1 aliphatic rings. The van der Waals surface area contributed by atoms with Gasteiger partial charge in [0, 0.05) is 5.56 Å². The topological polar surface area (TPSA) is 111 Å². The van der Waals surface area contributed by atoms with Crippen LogP contribution >= 0.6 is 11.8 Å². The molecule has 2 heterocycles. The first-order valence-electron chi connectivity index (χ1n) is 13.0. The lowest BCUT2D eigenvalue weighted by Crippen LogP contribution is -2.31. The minimum Gasteiger partial charge on any atom is -0.497 e. The second-order valence-corrected chi connectivity index (χ2v) is 10.4. The fourth-order valence-electron chi connectivity index (χ4n) is 4.12. The zero-order valence-electron chi connectivity index (χ0n) is 23.3. The summed E-state index contributed by atoms with van der Waals surface area (Å²) in [4.78, 5) is 34.8. The summed E-state index contributed by atoms with van der Waals surface area (Å²) < 4.78 is 65.0. The molecule has 0 radical (unpaired) electrons. The highest BCUT2D eigenvalue weighted by atomic mass is 32.2. The molecule has 3 amide bonds. The number of thioether (sulfide) groups is 1. The molecule has 1 aromatic heterocycles. The summed E-state index contributed by atoms with van der Waals surface area (Å²) in [7, 11) is 1.56. The maximum atomic E-state index is 15.0. The molecule has 3 aromatic carbocycles. The van der Waals surface area contributed by atoms with Crippen LogP contribution < -0.4 is 19.7 Å². The molecule has 1 aliphatic heterocycles. The van der Waals surface area contributed by atoms with Crippen LogP contribution in [0.4, 0.5) is 33.7 Å². The molecule has 0 spiro atoms. The van der Waals surface area contributed by atoms with E-state index in [1.54, 1.807) is 50.4 Å². The Morgan fingerprint density at radius 1 is 1.11 bits per heavy atom. The average molecular weight is 629 g/mol. The lowest BCUT2D eigenvalue weighted by Gasteiger charge is -2.20. The summed E-state index contributed by atoms with van der Waals surface area (Å²) in [6.45, 7) is 1.07. The van der Waals surface area contributed by atoms with Crippen molar-refractivity contribution in [3.63, 3.8) is 0 Å². The Hall–Kier alpha value is -4.92. The molecule has 228 valence electrons. The maximum Gasteiger partial charge on any atom is 0.392 e. The first-order chi connectivity index (χ1) is 21.0. The quantitative estimate of drug-likeness (QED) is 0.225. The minimum absolute atomic E-state index is 0.0217. The second-order valence-electron chi connectivity index (χ2n) is 9.43. The Balaban J connectivity index is 1.31. The fourth-order valence-corrected chi connectivity index (χ4v) is 4.98. The van der Waals surface area contributed by atoms with Gasteiger partial charge in [-0.3, -0.25) is 9.69 Å². The number of hydrogen-bond donors (Lipinski definition) is 1. The van der Waals surface area contributed by atoms with Gasteiger partial charge in [-0.25, -0.2) is 18.9 Å². The van der Waals surface area contributed by atoms with Gasteiger partial charge in [0.25, 0.3) is 0 Å². The van der Waals surface area contributed by atoms with Crippen LogP contribution in [0.15, 0.2) is 72.0 Å². The number of hydrogen-bond acceptors (Lipinski definition) is 7.